The first-order valence-electron chi connectivity index (χ1n) is 18.2. The number of allylic oxidation sites excluding steroid dienone is 2. The zero-order valence-corrected chi connectivity index (χ0v) is 30.7. The van der Waals surface area contributed by atoms with E-state index < -0.39 is 60.3 Å². The summed E-state index contributed by atoms with van der Waals surface area (Å²) in [4.78, 5) is 10.7. The number of hydrogen-bond acceptors (Lipinski definition) is 10. The topological polar surface area (TPSA) is 186 Å². The van der Waals surface area contributed by atoms with Crippen LogP contribution in [0.3, 0.4) is 0 Å². The maximum atomic E-state index is 11.1. The molecule has 2 aliphatic rings. The Hall–Kier alpha value is -1.67. The van der Waals surface area contributed by atoms with Gasteiger partial charge in [-0.1, -0.05) is 57.6 Å². The van der Waals surface area contributed by atoms with E-state index in [4.69, 9.17) is 19.3 Å². The summed E-state index contributed by atoms with van der Waals surface area (Å²) in [6.45, 7) is 11.0. The number of ether oxygens (including phenoxy) is 3. The number of hydrogen-bond donors (Lipinski definition) is 7. The van der Waals surface area contributed by atoms with Gasteiger partial charge in [0.2, 0.25) is 0 Å². The standard InChI is InChI=1S/C38H66O11/c1-22(12-16-36(43)44)11-14-28(39)18-29-9-8-10-30(49-29)20-33(40)25(4)34(41)21-35(42)26(5)38(46)27(6)37(45)23(2)13-15-31-19-32(47-7)17-24(3)48-31/h8-9,11-12,16,23-35,37-42,45-46H,10,13-15,17-21H2,1-7H3,(H,43,44)/b16-12+,22-11+/t23-,24-,25+,26-,27-,28-,29-,30-,31-,32+,33-,34-,35+,37-,38-/m0/s1. The van der Waals surface area contributed by atoms with Crippen molar-refractivity contribution in [1.29, 1.82) is 0 Å². The third-order valence-electron chi connectivity index (χ3n) is 10.7. The fourth-order valence-electron chi connectivity index (χ4n) is 7.01. The summed E-state index contributed by atoms with van der Waals surface area (Å²) in [5.41, 5.74) is 0.734. The van der Waals surface area contributed by atoms with Crippen LogP contribution in [0.4, 0.5) is 0 Å². The Balaban J connectivity index is 1.80. The second-order valence-electron chi connectivity index (χ2n) is 14.9. The molecule has 2 aliphatic heterocycles. The quantitative estimate of drug-likeness (QED) is 0.0524. The Kier molecular flexibility index (Phi) is 19.2. The minimum atomic E-state index is -1.05. The summed E-state index contributed by atoms with van der Waals surface area (Å²) >= 11 is 0. The Bertz CT molecular complexity index is 1050. The van der Waals surface area contributed by atoms with Crippen molar-refractivity contribution >= 4 is 5.97 Å². The molecule has 15 atom stereocenters. The highest BCUT2D eigenvalue weighted by molar-refractivity contribution is 5.80. The molecule has 284 valence electrons. The molecule has 0 amide bonds. The molecule has 11 heteroatoms. The third kappa shape index (κ3) is 15.2. The van der Waals surface area contributed by atoms with Gasteiger partial charge in [0.15, 0.2) is 0 Å². The smallest absolute Gasteiger partial charge is 0.328 e. The number of methoxy groups -OCH3 is 1. The van der Waals surface area contributed by atoms with Crippen molar-refractivity contribution in [3.8, 4) is 0 Å². The van der Waals surface area contributed by atoms with Crippen LogP contribution in [-0.4, -0.2) is 116 Å². The van der Waals surface area contributed by atoms with Gasteiger partial charge < -0.3 is 50.0 Å². The Morgan fingerprint density at radius 1 is 0.878 bits per heavy atom. The van der Waals surface area contributed by atoms with Crippen LogP contribution in [0.15, 0.2) is 36.0 Å². The fourth-order valence-corrected chi connectivity index (χ4v) is 7.01. The molecule has 49 heavy (non-hydrogen) atoms. The average Bonchev–Trinajstić information content (AvgIpc) is 3.06. The van der Waals surface area contributed by atoms with E-state index in [9.17, 15) is 35.4 Å². The SMILES string of the molecule is CO[C@H]1C[C@H](CC[C@H](C)[C@H](O)[C@H](C)[C@@H](O)[C@@H](C)[C@H](O)C[C@H](O)[C@H](C)[C@@H](O)C[C@@H]2CC=C[C@@H](C[C@@H](O)C/C=C(C)/C=C/C(=O)O)O2)O[C@@H](C)C1. The lowest BCUT2D eigenvalue weighted by Crippen LogP contribution is -2.43. The Labute approximate surface area is 293 Å². The molecule has 2 rings (SSSR count). The van der Waals surface area contributed by atoms with Crippen LogP contribution in [0, 0.1) is 23.7 Å². The van der Waals surface area contributed by atoms with Crippen molar-refractivity contribution in [2.75, 3.05) is 7.11 Å². The van der Waals surface area contributed by atoms with Crippen molar-refractivity contribution in [2.45, 2.75) is 166 Å². The van der Waals surface area contributed by atoms with Gasteiger partial charge in [-0.05, 0) is 64.7 Å². The molecular formula is C38H66O11. The minimum absolute atomic E-state index is 0.0402. The van der Waals surface area contributed by atoms with Crippen LogP contribution < -0.4 is 0 Å². The number of carbonyl (C=O) groups is 1. The highest BCUT2D eigenvalue weighted by Gasteiger charge is 2.36. The highest BCUT2D eigenvalue weighted by atomic mass is 16.5. The predicted octanol–water partition coefficient (Wildman–Crippen LogP) is 3.92. The van der Waals surface area contributed by atoms with E-state index in [1.165, 1.54) is 6.08 Å². The number of carboxylic acid groups (broad SMARTS) is 1. The molecule has 0 aliphatic carbocycles. The molecule has 0 aromatic heterocycles. The molecule has 0 saturated carbocycles. The number of rotatable bonds is 21. The summed E-state index contributed by atoms with van der Waals surface area (Å²) < 4.78 is 17.7. The van der Waals surface area contributed by atoms with Gasteiger partial charge in [0, 0.05) is 43.8 Å². The summed E-state index contributed by atoms with van der Waals surface area (Å²) in [7, 11) is 1.72. The lowest BCUT2D eigenvalue weighted by Gasteiger charge is -2.36. The molecule has 0 radical (unpaired) electrons. The van der Waals surface area contributed by atoms with Crippen LogP contribution in [0.25, 0.3) is 0 Å². The monoisotopic (exact) mass is 698 g/mol. The molecule has 0 spiro atoms. The van der Waals surface area contributed by atoms with E-state index in [0.29, 0.717) is 19.3 Å². The summed E-state index contributed by atoms with van der Waals surface area (Å²) in [6, 6.07) is 0. The van der Waals surface area contributed by atoms with E-state index in [2.05, 4.69) is 0 Å². The number of aliphatic carboxylic acids is 1. The second kappa shape index (κ2) is 21.6. The number of aliphatic hydroxyl groups excluding tert-OH is 6. The van der Waals surface area contributed by atoms with Gasteiger partial charge >= 0.3 is 5.97 Å². The van der Waals surface area contributed by atoms with Gasteiger partial charge in [0.05, 0.1) is 67.1 Å². The Morgan fingerprint density at radius 3 is 2.20 bits per heavy atom. The van der Waals surface area contributed by atoms with E-state index in [1.807, 2.05) is 26.0 Å². The van der Waals surface area contributed by atoms with Crippen LogP contribution in [0.1, 0.15) is 99.3 Å². The van der Waals surface area contributed by atoms with Gasteiger partial charge in [-0.2, -0.15) is 0 Å². The second-order valence-corrected chi connectivity index (χ2v) is 14.9. The summed E-state index contributed by atoms with van der Waals surface area (Å²) in [6.07, 6.45) is 7.07. The van der Waals surface area contributed by atoms with E-state index in [-0.39, 0.29) is 49.3 Å². The molecule has 0 aromatic carbocycles. The van der Waals surface area contributed by atoms with Gasteiger partial charge in [-0.15, -0.1) is 0 Å². The molecule has 7 N–H and O–H groups in total. The van der Waals surface area contributed by atoms with Gasteiger partial charge in [-0.25, -0.2) is 4.79 Å². The van der Waals surface area contributed by atoms with Crippen molar-refractivity contribution in [2.24, 2.45) is 23.7 Å². The van der Waals surface area contributed by atoms with Crippen LogP contribution in [-0.2, 0) is 19.0 Å². The molecule has 0 aromatic rings. The summed E-state index contributed by atoms with van der Waals surface area (Å²) in [5.74, 6) is -2.82. The number of carboxylic acids is 1. The molecular weight excluding hydrogens is 632 g/mol. The zero-order chi connectivity index (χ0) is 36.8. The van der Waals surface area contributed by atoms with Crippen molar-refractivity contribution < 1.29 is 54.8 Å². The maximum absolute atomic E-state index is 11.1. The molecule has 1 saturated heterocycles. The van der Waals surface area contributed by atoms with Crippen LogP contribution in [0.5, 0.6) is 0 Å². The molecule has 11 nitrogen and oxygen atoms in total. The molecule has 2 heterocycles. The zero-order valence-electron chi connectivity index (χ0n) is 30.7. The van der Waals surface area contributed by atoms with Gasteiger partial charge in [0.25, 0.3) is 0 Å². The first-order valence-corrected chi connectivity index (χ1v) is 18.2. The highest BCUT2D eigenvalue weighted by Crippen LogP contribution is 2.31. The molecule has 0 unspecified atom stereocenters. The lowest BCUT2D eigenvalue weighted by atomic mass is 9.79. The third-order valence-corrected chi connectivity index (χ3v) is 10.7. The summed E-state index contributed by atoms with van der Waals surface area (Å²) in [5, 5.41) is 74.3. The maximum Gasteiger partial charge on any atom is 0.328 e. The fraction of sp³-hybridized carbons (Fsp3) is 0.816. The van der Waals surface area contributed by atoms with Crippen LogP contribution >= 0.6 is 0 Å². The number of aliphatic hydroxyl groups is 6. The van der Waals surface area contributed by atoms with E-state index >= 15 is 0 Å². The largest absolute Gasteiger partial charge is 0.478 e. The Morgan fingerprint density at radius 2 is 1.55 bits per heavy atom. The van der Waals surface area contributed by atoms with Gasteiger partial charge in [0.1, 0.15) is 0 Å². The molecule has 1 fully saturated rings. The van der Waals surface area contributed by atoms with E-state index in [0.717, 1.165) is 37.3 Å². The minimum Gasteiger partial charge on any atom is -0.478 e. The predicted molar refractivity (Wildman–Crippen MR) is 188 cm³/mol. The lowest BCUT2D eigenvalue weighted by molar-refractivity contribution is -0.131. The van der Waals surface area contributed by atoms with E-state index in [1.54, 1.807) is 40.9 Å². The van der Waals surface area contributed by atoms with Gasteiger partial charge in [-0.3, -0.25) is 0 Å². The van der Waals surface area contributed by atoms with Crippen LogP contribution in [0.2, 0.25) is 0 Å². The first kappa shape index (κ1) is 43.5. The van der Waals surface area contributed by atoms with Crippen molar-refractivity contribution in [3.05, 3.63) is 36.0 Å². The first-order chi connectivity index (χ1) is 23.0. The van der Waals surface area contributed by atoms with Crippen molar-refractivity contribution in [1.82, 2.24) is 0 Å². The normalized spacial score (nSPS) is 29.8. The average molecular weight is 699 g/mol. The van der Waals surface area contributed by atoms with Crippen molar-refractivity contribution in [3.63, 3.8) is 0 Å². The molecule has 0 bridgehead atoms.